The van der Waals surface area contributed by atoms with Crippen molar-refractivity contribution in [3.05, 3.63) is 15.6 Å². The highest BCUT2D eigenvalue weighted by Crippen LogP contribution is 2.17. The molecule has 1 rings (SSSR count). The Hall–Kier alpha value is -0.740. The van der Waals surface area contributed by atoms with Gasteiger partial charge in [0.05, 0.1) is 10.7 Å². The maximum Gasteiger partial charge on any atom is 0.148 e. The van der Waals surface area contributed by atoms with Crippen molar-refractivity contribution in [2.45, 2.75) is 26.4 Å². The fourth-order valence-electron chi connectivity index (χ4n) is 0.853. The number of aryl methyl sites for hydroxylation is 2. The van der Waals surface area contributed by atoms with Gasteiger partial charge in [-0.2, -0.15) is 0 Å². The predicted molar refractivity (Wildman–Crippen MR) is 47.4 cm³/mol. The highest BCUT2D eigenvalue weighted by atomic mass is 32.1. The summed E-state index contributed by atoms with van der Waals surface area (Å²) in [5.74, 6) is 0. The number of rotatable bonds is 3. The average Bonchev–Trinajstić information content (AvgIpc) is 2.31. The summed E-state index contributed by atoms with van der Waals surface area (Å²) in [5, 5.41) is 9.83. The molecule has 3 nitrogen and oxygen atoms in total. The molecule has 1 N–H and O–H groups in total. The lowest BCUT2D eigenvalue weighted by Crippen LogP contribution is -2.11. The third kappa shape index (κ3) is 2.12. The molecule has 0 amide bonds. The Balaban J connectivity index is 2.70. The largest absolute Gasteiger partial charge is 0.385 e. The van der Waals surface area contributed by atoms with Gasteiger partial charge in [0.2, 0.25) is 0 Å². The molecule has 0 spiro atoms. The summed E-state index contributed by atoms with van der Waals surface area (Å²) in [6.07, 6.45) is -0.0375. The Labute approximate surface area is 75.1 Å². The first-order chi connectivity index (χ1) is 5.63. The van der Waals surface area contributed by atoms with Crippen LogP contribution in [0.5, 0.6) is 0 Å². The monoisotopic (exact) mass is 185 g/mol. The minimum atomic E-state index is -0.907. The van der Waals surface area contributed by atoms with Crippen LogP contribution in [0.1, 0.15) is 15.6 Å². The molecule has 0 aromatic carbocycles. The van der Waals surface area contributed by atoms with Crippen molar-refractivity contribution in [1.82, 2.24) is 4.98 Å². The molecule has 0 aliphatic carbocycles. The van der Waals surface area contributed by atoms with Gasteiger partial charge in [0.15, 0.2) is 0 Å². The zero-order chi connectivity index (χ0) is 9.14. The van der Waals surface area contributed by atoms with Gasteiger partial charge in [-0.05, 0) is 13.8 Å². The Bertz CT molecular complexity index is 263. The van der Waals surface area contributed by atoms with Crippen molar-refractivity contribution in [3.8, 4) is 0 Å². The normalized spacial score (nSPS) is 12.9. The highest BCUT2D eigenvalue weighted by Gasteiger charge is 2.08. The number of carbonyl (C=O) groups is 1. The molecule has 0 aliphatic heterocycles. The summed E-state index contributed by atoms with van der Waals surface area (Å²) in [6, 6.07) is 0. The quantitative estimate of drug-likeness (QED) is 0.711. The number of aliphatic hydroxyl groups is 1. The zero-order valence-corrected chi connectivity index (χ0v) is 7.89. The number of aliphatic hydroxyl groups excluding tert-OH is 1. The molecule has 1 atom stereocenters. The molecule has 0 radical (unpaired) electrons. The van der Waals surface area contributed by atoms with Gasteiger partial charge in [-0.25, -0.2) is 4.98 Å². The summed E-state index contributed by atoms with van der Waals surface area (Å²) >= 11 is 1.53. The minimum absolute atomic E-state index is 0.336. The molecular formula is C8H11NO2S. The number of thiazole rings is 1. The van der Waals surface area contributed by atoms with Crippen LogP contribution in [0.15, 0.2) is 0 Å². The Morgan fingerprint density at radius 2 is 2.33 bits per heavy atom. The number of nitrogens with zero attached hydrogens (tertiary/aromatic N) is 1. The molecule has 0 aliphatic rings. The summed E-state index contributed by atoms with van der Waals surface area (Å²) in [5.41, 5.74) is 0.980. The molecule has 0 fully saturated rings. The summed E-state index contributed by atoms with van der Waals surface area (Å²) in [7, 11) is 0. The van der Waals surface area contributed by atoms with Crippen molar-refractivity contribution in [2.75, 3.05) is 0 Å². The zero-order valence-electron chi connectivity index (χ0n) is 7.07. The molecule has 1 aromatic heterocycles. The van der Waals surface area contributed by atoms with Gasteiger partial charge < -0.3 is 9.90 Å². The van der Waals surface area contributed by atoms with E-state index in [4.69, 9.17) is 5.11 Å². The van der Waals surface area contributed by atoms with Crippen molar-refractivity contribution >= 4 is 17.6 Å². The van der Waals surface area contributed by atoms with Gasteiger partial charge in [0.25, 0.3) is 0 Å². The summed E-state index contributed by atoms with van der Waals surface area (Å²) in [6.45, 7) is 3.90. The van der Waals surface area contributed by atoms with Crippen molar-refractivity contribution in [2.24, 2.45) is 0 Å². The van der Waals surface area contributed by atoms with E-state index in [1.807, 2.05) is 13.8 Å². The van der Waals surface area contributed by atoms with Gasteiger partial charge in [-0.15, -0.1) is 11.3 Å². The van der Waals surface area contributed by atoms with Crippen LogP contribution in [0.2, 0.25) is 0 Å². The van der Waals surface area contributed by atoms with Crippen LogP contribution < -0.4 is 0 Å². The minimum Gasteiger partial charge on any atom is -0.385 e. The van der Waals surface area contributed by atoms with Crippen LogP contribution in [0.4, 0.5) is 0 Å². The fourth-order valence-corrected chi connectivity index (χ4v) is 1.84. The van der Waals surface area contributed by atoms with Crippen LogP contribution in [-0.2, 0) is 11.2 Å². The summed E-state index contributed by atoms with van der Waals surface area (Å²) < 4.78 is 0. The van der Waals surface area contributed by atoms with E-state index in [0.29, 0.717) is 12.7 Å². The molecule has 4 heteroatoms. The van der Waals surface area contributed by atoms with Gasteiger partial charge in [-0.1, -0.05) is 0 Å². The van der Waals surface area contributed by atoms with Gasteiger partial charge in [0, 0.05) is 11.3 Å². The van der Waals surface area contributed by atoms with E-state index >= 15 is 0 Å². The molecule has 0 bridgehead atoms. The van der Waals surface area contributed by atoms with E-state index in [2.05, 4.69) is 4.98 Å². The number of aromatic nitrogens is 1. The van der Waals surface area contributed by atoms with Crippen molar-refractivity contribution in [3.63, 3.8) is 0 Å². The third-order valence-corrected chi connectivity index (χ3v) is 2.71. The van der Waals surface area contributed by atoms with E-state index in [9.17, 15) is 4.79 Å². The van der Waals surface area contributed by atoms with E-state index in [0.717, 1.165) is 15.6 Å². The first kappa shape index (κ1) is 9.35. The van der Waals surface area contributed by atoms with Crippen LogP contribution in [-0.4, -0.2) is 22.5 Å². The topological polar surface area (TPSA) is 50.2 Å². The smallest absolute Gasteiger partial charge is 0.148 e. The van der Waals surface area contributed by atoms with Crippen LogP contribution in [0.3, 0.4) is 0 Å². The number of hydrogen-bond donors (Lipinski definition) is 1. The standard InChI is InChI=1S/C8H11NO2S/c1-5-6(2)12-8(9-5)3-7(11)4-10/h4,7,11H,3H2,1-2H3. The second-order valence-corrected chi connectivity index (χ2v) is 3.94. The Morgan fingerprint density at radius 3 is 2.75 bits per heavy atom. The lowest BCUT2D eigenvalue weighted by Gasteiger charge is -1.96. The molecule has 0 saturated heterocycles. The maximum absolute atomic E-state index is 10.1. The highest BCUT2D eigenvalue weighted by molar-refractivity contribution is 7.11. The SMILES string of the molecule is Cc1nc(CC(O)C=O)sc1C. The predicted octanol–water partition coefficient (Wildman–Crippen LogP) is 0.862. The lowest BCUT2D eigenvalue weighted by atomic mass is 10.3. The molecular weight excluding hydrogens is 174 g/mol. The molecule has 0 saturated carbocycles. The van der Waals surface area contributed by atoms with Gasteiger partial charge in [-0.3, -0.25) is 0 Å². The Morgan fingerprint density at radius 1 is 1.67 bits per heavy atom. The third-order valence-electron chi connectivity index (χ3n) is 1.61. The van der Waals surface area contributed by atoms with Gasteiger partial charge >= 0.3 is 0 Å². The first-order valence-electron chi connectivity index (χ1n) is 3.69. The van der Waals surface area contributed by atoms with E-state index < -0.39 is 6.10 Å². The lowest BCUT2D eigenvalue weighted by molar-refractivity contribution is -0.114. The maximum atomic E-state index is 10.1. The van der Waals surface area contributed by atoms with Crippen LogP contribution in [0, 0.1) is 13.8 Å². The summed E-state index contributed by atoms with van der Waals surface area (Å²) in [4.78, 5) is 15.5. The second kappa shape index (κ2) is 3.78. The first-order valence-corrected chi connectivity index (χ1v) is 4.51. The van der Waals surface area contributed by atoms with E-state index in [1.54, 1.807) is 0 Å². The fraction of sp³-hybridized carbons (Fsp3) is 0.500. The average molecular weight is 185 g/mol. The van der Waals surface area contributed by atoms with Crippen LogP contribution >= 0.6 is 11.3 Å². The molecule has 1 aromatic rings. The second-order valence-electron chi connectivity index (χ2n) is 2.66. The molecule has 1 unspecified atom stereocenters. The van der Waals surface area contributed by atoms with Crippen molar-refractivity contribution < 1.29 is 9.90 Å². The van der Waals surface area contributed by atoms with E-state index in [1.165, 1.54) is 11.3 Å². The number of carbonyl (C=O) groups excluding carboxylic acids is 1. The van der Waals surface area contributed by atoms with Crippen LogP contribution in [0.25, 0.3) is 0 Å². The van der Waals surface area contributed by atoms with Gasteiger partial charge in [0.1, 0.15) is 12.4 Å². The van der Waals surface area contributed by atoms with Crippen molar-refractivity contribution in [1.29, 1.82) is 0 Å². The number of aldehydes is 1. The Kier molecular flexibility index (Phi) is 2.94. The van der Waals surface area contributed by atoms with E-state index in [-0.39, 0.29) is 0 Å². The molecule has 1 heterocycles. The molecule has 12 heavy (non-hydrogen) atoms. The molecule has 66 valence electrons. The number of hydrogen-bond acceptors (Lipinski definition) is 4.